The zero-order chi connectivity index (χ0) is 17.5. The largest absolute Gasteiger partial charge is 0.380 e. The van der Waals surface area contributed by atoms with E-state index in [1.807, 2.05) is 48.5 Å². The molecule has 26 heavy (non-hydrogen) atoms. The highest BCUT2D eigenvalue weighted by Crippen LogP contribution is 2.42. The van der Waals surface area contributed by atoms with Gasteiger partial charge in [0.25, 0.3) is 0 Å². The normalized spacial score (nSPS) is 12.1. The summed E-state index contributed by atoms with van der Waals surface area (Å²) in [6.45, 7) is 0.691. The summed E-state index contributed by atoms with van der Waals surface area (Å²) in [5, 5.41) is 5.63. The maximum absolute atomic E-state index is 13.3. The van der Waals surface area contributed by atoms with Gasteiger partial charge < -0.3 is 5.32 Å². The van der Waals surface area contributed by atoms with Crippen LogP contribution in [0.4, 0.5) is 5.69 Å². The number of nitrogens with one attached hydrogen (secondary N) is 1. The van der Waals surface area contributed by atoms with Gasteiger partial charge in [-0.2, -0.15) is 0 Å². The van der Waals surface area contributed by atoms with E-state index in [9.17, 15) is 4.79 Å². The van der Waals surface area contributed by atoms with E-state index in [1.165, 1.54) is 5.56 Å². The van der Waals surface area contributed by atoms with Gasteiger partial charge in [-0.1, -0.05) is 78.9 Å². The number of hydrogen-bond donors (Lipinski definition) is 1. The molecule has 2 heteroatoms. The minimum atomic E-state index is 0.0976. The van der Waals surface area contributed by atoms with Crippen LogP contribution < -0.4 is 5.32 Å². The van der Waals surface area contributed by atoms with Crippen molar-refractivity contribution < 1.29 is 4.79 Å². The maximum atomic E-state index is 13.3. The summed E-state index contributed by atoms with van der Waals surface area (Å²) < 4.78 is 0. The lowest BCUT2D eigenvalue weighted by Crippen LogP contribution is -2.13. The van der Waals surface area contributed by atoms with E-state index < -0.39 is 0 Å². The number of anilines is 1. The Labute approximate surface area is 152 Å². The van der Waals surface area contributed by atoms with Gasteiger partial charge in [-0.3, -0.25) is 4.79 Å². The van der Waals surface area contributed by atoms with Crippen LogP contribution in [0.25, 0.3) is 21.9 Å². The molecular weight excluding hydrogens is 318 g/mol. The Kier molecular flexibility index (Phi) is 3.36. The van der Waals surface area contributed by atoms with Crippen LogP contribution in [0.5, 0.6) is 0 Å². The van der Waals surface area contributed by atoms with Crippen LogP contribution in [0.15, 0.2) is 84.9 Å². The predicted octanol–water partition coefficient (Wildman–Crippen LogP) is 5.66. The number of benzene rings is 4. The van der Waals surface area contributed by atoms with Crippen LogP contribution in [0.3, 0.4) is 0 Å². The quantitative estimate of drug-likeness (QED) is 0.461. The van der Waals surface area contributed by atoms with Gasteiger partial charge in [0.1, 0.15) is 0 Å². The average molecular weight is 335 g/mol. The van der Waals surface area contributed by atoms with Crippen LogP contribution in [0, 0.1) is 0 Å². The van der Waals surface area contributed by atoms with Crippen molar-refractivity contribution in [1.82, 2.24) is 0 Å². The van der Waals surface area contributed by atoms with E-state index in [4.69, 9.17) is 0 Å². The molecule has 4 aromatic carbocycles. The summed E-state index contributed by atoms with van der Waals surface area (Å²) in [6.07, 6.45) is 0. The molecule has 2 nitrogen and oxygen atoms in total. The number of carbonyl (C=O) groups excluding carboxylic acids is 1. The fourth-order valence-corrected chi connectivity index (χ4v) is 3.83. The standard InChI is InChI=1S/C24H17NO/c26-24-20-11-5-4-10-18(20)19-12-6-9-17-13-14-21(23(24)22(17)19)25-15-16-7-2-1-3-8-16/h1-14,25H,15H2. The van der Waals surface area contributed by atoms with Gasteiger partial charge in [0.15, 0.2) is 5.78 Å². The molecule has 0 radical (unpaired) electrons. The third-order valence-electron chi connectivity index (χ3n) is 5.06. The van der Waals surface area contributed by atoms with Gasteiger partial charge >= 0.3 is 0 Å². The van der Waals surface area contributed by atoms with Gasteiger partial charge in [-0.05, 0) is 28.1 Å². The van der Waals surface area contributed by atoms with Crippen molar-refractivity contribution in [3.05, 3.63) is 102 Å². The van der Waals surface area contributed by atoms with E-state index in [-0.39, 0.29) is 5.78 Å². The Bertz CT molecular complexity index is 1150. The van der Waals surface area contributed by atoms with E-state index in [0.717, 1.165) is 38.7 Å². The second-order valence-electron chi connectivity index (χ2n) is 6.61. The summed E-state index contributed by atoms with van der Waals surface area (Å²) in [6, 6.07) is 28.5. The number of rotatable bonds is 3. The number of fused-ring (bicyclic) bond motifs is 2. The SMILES string of the molecule is O=C1c2ccccc2-c2cccc3ccc(NCc4ccccc4)c1c23. The Balaban J connectivity index is 1.69. The van der Waals surface area contributed by atoms with Crippen LogP contribution in [0.2, 0.25) is 0 Å². The lowest BCUT2D eigenvalue weighted by atomic mass is 9.82. The van der Waals surface area contributed by atoms with Crippen LogP contribution in [-0.2, 0) is 6.54 Å². The summed E-state index contributed by atoms with van der Waals surface area (Å²) in [5.41, 5.74) is 5.81. The Hall–Kier alpha value is -3.39. The molecule has 0 atom stereocenters. The fourth-order valence-electron chi connectivity index (χ4n) is 3.83. The smallest absolute Gasteiger partial charge is 0.196 e. The Morgan fingerprint density at radius 2 is 1.38 bits per heavy atom. The van der Waals surface area contributed by atoms with Gasteiger partial charge in [0.2, 0.25) is 0 Å². The molecule has 1 aliphatic rings. The molecule has 5 rings (SSSR count). The van der Waals surface area contributed by atoms with Crippen LogP contribution in [-0.4, -0.2) is 5.78 Å². The molecule has 0 aliphatic heterocycles. The molecule has 0 fully saturated rings. The highest BCUT2D eigenvalue weighted by molar-refractivity contribution is 6.28. The summed E-state index contributed by atoms with van der Waals surface area (Å²) in [5.74, 6) is 0.0976. The molecule has 4 aromatic rings. The monoisotopic (exact) mass is 335 g/mol. The van der Waals surface area contributed by atoms with Crippen molar-refractivity contribution in [2.24, 2.45) is 0 Å². The first-order valence-electron chi connectivity index (χ1n) is 8.80. The van der Waals surface area contributed by atoms with Crippen molar-refractivity contribution in [2.45, 2.75) is 6.54 Å². The molecule has 0 unspecified atom stereocenters. The first kappa shape index (κ1) is 14.9. The number of carbonyl (C=O) groups is 1. The van der Waals surface area contributed by atoms with Crippen molar-refractivity contribution in [3.63, 3.8) is 0 Å². The average Bonchev–Trinajstić information content (AvgIpc) is 2.71. The topological polar surface area (TPSA) is 29.1 Å². The van der Waals surface area contributed by atoms with Gasteiger partial charge in [-0.15, -0.1) is 0 Å². The maximum Gasteiger partial charge on any atom is 0.196 e. The predicted molar refractivity (Wildman–Crippen MR) is 107 cm³/mol. The summed E-state index contributed by atoms with van der Waals surface area (Å²) >= 11 is 0. The molecular formula is C24H17NO. The molecule has 0 spiro atoms. The number of hydrogen-bond acceptors (Lipinski definition) is 2. The molecule has 0 saturated heterocycles. The third kappa shape index (κ3) is 2.23. The first-order chi connectivity index (χ1) is 12.8. The van der Waals surface area contributed by atoms with Gasteiger partial charge in [0.05, 0.1) is 5.56 Å². The lowest BCUT2D eigenvalue weighted by molar-refractivity contribution is 0.104. The first-order valence-corrected chi connectivity index (χ1v) is 8.80. The second kappa shape index (κ2) is 5.85. The van der Waals surface area contributed by atoms with Crippen molar-refractivity contribution in [2.75, 3.05) is 5.32 Å². The molecule has 1 N–H and O–H groups in total. The molecule has 0 saturated carbocycles. The molecule has 0 amide bonds. The van der Waals surface area contributed by atoms with Crippen molar-refractivity contribution >= 4 is 22.2 Å². The van der Waals surface area contributed by atoms with Crippen LogP contribution >= 0.6 is 0 Å². The summed E-state index contributed by atoms with van der Waals surface area (Å²) in [7, 11) is 0. The van der Waals surface area contributed by atoms with E-state index in [1.54, 1.807) is 0 Å². The minimum absolute atomic E-state index is 0.0976. The van der Waals surface area contributed by atoms with Gasteiger partial charge in [0, 0.05) is 23.2 Å². The Morgan fingerprint density at radius 3 is 2.23 bits per heavy atom. The van der Waals surface area contributed by atoms with Crippen LogP contribution in [0.1, 0.15) is 21.5 Å². The molecule has 0 aromatic heterocycles. The zero-order valence-electron chi connectivity index (χ0n) is 14.2. The minimum Gasteiger partial charge on any atom is -0.380 e. The van der Waals surface area contributed by atoms with E-state index in [0.29, 0.717) is 6.54 Å². The fraction of sp³-hybridized carbons (Fsp3) is 0.0417. The Morgan fingerprint density at radius 1 is 0.654 bits per heavy atom. The second-order valence-corrected chi connectivity index (χ2v) is 6.61. The summed E-state index contributed by atoms with van der Waals surface area (Å²) in [4.78, 5) is 13.3. The molecule has 124 valence electrons. The molecule has 0 heterocycles. The third-order valence-corrected chi connectivity index (χ3v) is 5.06. The molecule has 0 bridgehead atoms. The molecule has 1 aliphatic carbocycles. The zero-order valence-corrected chi connectivity index (χ0v) is 14.2. The van der Waals surface area contributed by atoms with E-state index in [2.05, 4.69) is 41.7 Å². The lowest BCUT2D eigenvalue weighted by Gasteiger charge is -2.22. The number of ketones is 1. The van der Waals surface area contributed by atoms with Crippen molar-refractivity contribution in [3.8, 4) is 11.1 Å². The highest BCUT2D eigenvalue weighted by Gasteiger charge is 2.27. The van der Waals surface area contributed by atoms with E-state index >= 15 is 0 Å². The van der Waals surface area contributed by atoms with Crippen molar-refractivity contribution in [1.29, 1.82) is 0 Å². The highest BCUT2D eigenvalue weighted by atomic mass is 16.1. The van der Waals surface area contributed by atoms with Gasteiger partial charge in [-0.25, -0.2) is 0 Å².